The maximum atomic E-state index is 6.28. The molecule has 20 heavy (non-hydrogen) atoms. The standard InChI is InChI=1S/C18H36N2/c1-5-16-6-8-17(9-7-16)20(4)18(13-19)11-14(2)10-15(3)12-18/h14-17H,5-13,19H2,1-4H3. The Hall–Kier alpha value is -0.0800. The maximum Gasteiger partial charge on any atom is 0.0336 e. The first-order chi connectivity index (χ1) is 9.50. The summed E-state index contributed by atoms with van der Waals surface area (Å²) in [6, 6.07) is 0.777. The predicted molar refractivity (Wildman–Crippen MR) is 87.8 cm³/mol. The van der Waals surface area contributed by atoms with E-state index in [0.717, 1.165) is 30.3 Å². The summed E-state index contributed by atoms with van der Waals surface area (Å²) in [5.41, 5.74) is 6.56. The molecule has 0 radical (unpaired) electrons. The Labute approximate surface area is 126 Å². The van der Waals surface area contributed by atoms with Crippen molar-refractivity contribution in [2.75, 3.05) is 13.6 Å². The van der Waals surface area contributed by atoms with Gasteiger partial charge in [-0.1, -0.05) is 27.2 Å². The molecule has 2 saturated carbocycles. The number of hydrogen-bond acceptors (Lipinski definition) is 2. The number of nitrogens with two attached hydrogens (primary N) is 1. The molecule has 2 nitrogen and oxygen atoms in total. The predicted octanol–water partition coefficient (Wildman–Crippen LogP) is 4.04. The molecule has 2 unspecified atom stereocenters. The van der Waals surface area contributed by atoms with Gasteiger partial charge < -0.3 is 5.73 Å². The molecule has 2 heteroatoms. The van der Waals surface area contributed by atoms with Gasteiger partial charge in [0.25, 0.3) is 0 Å². The molecule has 0 aromatic rings. The van der Waals surface area contributed by atoms with Crippen molar-refractivity contribution in [3.63, 3.8) is 0 Å². The summed E-state index contributed by atoms with van der Waals surface area (Å²) in [6.07, 6.45) is 11.0. The average molecular weight is 280 g/mol. The molecule has 2 fully saturated rings. The largest absolute Gasteiger partial charge is 0.329 e. The molecule has 2 N–H and O–H groups in total. The van der Waals surface area contributed by atoms with E-state index >= 15 is 0 Å². The molecule has 0 heterocycles. The van der Waals surface area contributed by atoms with Gasteiger partial charge in [0.15, 0.2) is 0 Å². The van der Waals surface area contributed by atoms with E-state index in [1.807, 2.05) is 0 Å². The SMILES string of the molecule is CCC1CCC(N(C)C2(CN)CC(C)CC(C)C2)CC1. The Balaban J connectivity index is 2.03. The fraction of sp³-hybridized carbons (Fsp3) is 1.00. The minimum absolute atomic E-state index is 0.279. The second-order valence-electron chi connectivity index (χ2n) is 7.98. The van der Waals surface area contributed by atoms with Crippen molar-refractivity contribution < 1.29 is 0 Å². The lowest BCUT2D eigenvalue weighted by molar-refractivity contribution is -0.00628. The fourth-order valence-electron chi connectivity index (χ4n) is 5.16. The Kier molecular flexibility index (Phi) is 5.53. The Bertz CT molecular complexity index is 284. The smallest absolute Gasteiger partial charge is 0.0336 e. The topological polar surface area (TPSA) is 29.3 Å². The Morgan fingerprint density at radius 3 is 2.05 bits per heavy atom. The molecule has 2 aliphatic carbocycles. The van der Waals surface area contributed by atoms with Crippen molar-refractivity contribution in [3.05, 3.63) is 0 Å². The van der Waals surface area contributed by atoms with Crippen LogP contribution in [0.3, 0.4) is 0 Å². The van der Waals surface area contributed by atoms with E-state index in [4.69, 9.17) is 5.73 Å². The lowest BCUT2D eigenvalue weighted by Gasteiger charge is -2.52. The van der Waals surface area contributed by atoms with Gasteiger partial charge in [-0.15, -0.1) is 0 Å². The van der Waals surface area contributed by atoms with Crippen LogP contribution in [0.4, 0.5) is 0 Å². The summed E-state index contributed by atoms with van der Waals surface area (Å²) in [7, 11) is 2.37. The average Bonchev–Trinajstić information content (AvgIpc) is 2.45. The first kappa shape index (κ1) is 16.3. The van der Waals surface area contributed by atoms with Crippen LogP contribution in [0.5, 0.6) is 0 Å². The number of rotatable bonds is 4. The molecule has 2 atom stereocenters. The quantitative estimate of drug-likeness (QED) is 0.842. The van der Waals surface area contributed by atoms with E-state index in [-0.39, 0.29) is 5.54 Å². The molecule has 0 aromatic heterocycles. The van der Waals surface area contributed by atoms with Crippen LogP contribution < -0.4 is 5.73 Å². The van der Waals surface area contributed by atoms with Crippen molar-refractivity contribution in [2.45, 2.75) is 83.7 Å². The van der Waals surface area contributed by atoms with Gasteiger partial charge in [-0.25, -0.2) is 0 Å². The molecule has 0 aliphatic heterocycles. The van der Waals surface area contributed by atoms with Crippen molar-refractivity contribution in [2.24, 2.45) is 23.5 Å². The first-order valence-corrected chi connectivity index (χ1v) is 8.93. The summed E-state index contributed by atoms with van der Waals surface area (Å²) in [5, 5.41) is 0. The van der Waals surface area contributed by atoms with Crippen LogP contribution in [0, 0.1) is 17.8 Å². The molecule has 0 aromatic carbocycles. The van der Waals surface area contributed by atoms with Gasteiger partial charge in [-0.3, -0.25) is 4.90 Å². The van der Waals surface area contributed by atoms with Gasteiger partial charge in [0.05, 0.1) is 0 Å². The molecular formula is C18H36N2. The zero-order chi connectivity index (χ0) is 14.8. The third kappa shape index (κ3) is 3.39. The van der Waals surface area contributed by atoms with E-state index in [2.05, 4.69) is 32.7 Å². The molecule has 118 valence electrons. The highest BCUT2D eigenvalue weighted by atomic mass is 15.2. The molecule has 0 bridgehead atoms. The van der Waals surface area contributed by atoms with E-state index in [1.54, 1.807) is 0 Å². The van der Waals surface area contributed by atoms with E-state index in [0.29, 0.717) is 0 Å². The number of hydrogen-bond donors (Lipinski definition) is 1. The summed E-state index contributed by atoms with van der Waals surface area (Å²) in [4.78, 5) is 2.71. The van der Waals surface area contributed by atoms with Gasteiger partial charge in [0.1, 0.15) is 0 Å². The third-order valence-electron chi connectivity index (χ3n) is 6.33. The van der Waals surface area contributed by atoms with E-state index in [1.165, 1.54) is 51.4 Å². The second kappa shape index (κ2) is 6.79. The highest BCUT2D eigenvalue weighted by Gasteiger charge is 2.42. The van der Waals surface area contributed by atoms with Gasteiger partial charge >= 0.3 is 0 Å². The van der Waals surface area contributed by atoms with E-state index < -0.39 is 0 Å². The zero-order valence-corrected chi connectivity index (χ0v) is 14.2. The monoisotopic (exact) mass is 280 g/mol. The first-order valence-electron chi connectivity index (χ1n) is 8.93. The molecule has 0 saturated heterocycles. The number of nitrogens with zero attached hydrogens (tertiary/aromatic N) is 1. The van der Waals surface area contributed by atoms with Gasteiger partial charge in [-0.2, -0.15) is 0 Å². The Morgan fingerprint density at radius 2 is 1.60 bits per heavy atom. The third-order valence-corrected chi connectivity index (χ3v) is 6.33. The molecule has 0 spiro atoms. The van der Waals surface area contributed by atoms with Crippen LogP contribution in [-0.2, 0) is 0 Å². The van der Waals surface area contributed by atoms with Crippen LogP contribution in [0.2, 0.25) is 0 Å². The minimum atomic E-state index is 0.279. The van der Waals surface area contributed by atoms with Crippen LogP contribution in [0.15, 0.2) is 0 Å². The zero-order valence-electron chi connectivity index (χ0n) is 14.2. The lowest BCUT2D eigenvalue weighted by Crippen LogP contribution is -2.59. The van der Waals surface area contributed by atoms with Crippen LogP contribution in [-0.4, -0.2) is 30.1 Å². The molecule has 2 aliphatic rings. The fourth-order valence-corrected chi connectivity index (χ4v) is 5.16. The molecular weight excluding hydrogens is 244 g/mol. The maximum absolute atomic E-state index is 6.28. The van der Waals surface area contributed by atoms with Crippen LogP contribution >= 0.6 is 0 Å². The molecule has 0 amide bonds. The van der Waals surface area contributed by atoms with Crippen LogP contribution in [0.25, 0.3) is 0 Å². The van der Waals surface area contributed by atoms with Crippen molar-refractivity contribution in [3.8, 4) is 0 Å². The highest BCUT2D eigenvalue weighted by Crippen LogP contribution is 2.42. The summed E-state index contributed by atoms with van der Waals surface area (Å²) < 4.78 is 0. The minimum Gasteiger partial charge on any atom is -0.329 e. The van der Waals surface area contributed by atoms with Crippen LogP contribution in [0.1, 0.15) is 72.1 Å². The van der Waals surface area contributed by atoms with Crippen molar-refractivity contribution in [1.82, 2.24) is 4.90 Å². The summed E-state index contributed by atoms with van der Waals surface area (Å²) >= 11 is 0. The second-order valence-corrected chi connectivity index (χ2v) is 7.98. The van der Waals surface area contributed by atoms with Crippen molar-refractivity contribution >= 4 is 0 Å². The molecule has 2 rings (SSSR count). The van der Waals surface area contributed by atoms with Gasteiger partial charge in [0.2, 0.25) is 0 Å². The number of likely N-dealkylation sites (N-methyl/N-ethyl adjacent to an activating group) is 1. The normalized spacial score (nSPS) is 42.9. The van der Waals surface area contributed by atoms with E-state index in [9.17, 15) is 0 Å². The summed E-state index contributed by atoms with van der Waals surface area (Å²) in [5.74, 6) is 2.64. The van der Waals surface area contributed by atoms with Gasteiger partial charge in [-0.05, 0) is 69.7 Å². The van der Waals surface area contributed by atoms with Gasteiger partial charge in [0, 0.05) is 18.1 Å². The lowest BCUT2D eigenvalue weighted by atomic mass is 9.69. The van der Waals surface area contributed by atoms with Crippen molar-refractivity contribution in [1.29, 1.82) is 0 Å². The Morgan fingerprint density at radius 1 is 1.05 bits per heavy atom. The summed E-state index contributed by atoms with van der Waals surface area (Å²) in [6.45, 7) is 8.02. The highest BCUT2D eigenvalue weighted by molar-refractivity contribution is 4.99.